The maximum Gasteiger partial charge on any atom is 0.179 e. The Bertz CT molecular complexity index is 438. The van der Waals surface area contributed by atoms with Crippen molar-refractivity contribution in [2.45, 2.75) is 6.42 Å². The van der Waals surface area contributed by atoms with E-state index in [0.29, 0.717) is 6.42 Å². The van der Waals surface area contributed by atoms with E-state index in [9.17, 15) is 0 Å². The molecule has 0 aliphatic rings. The van der Waals surface area contributed by atoms with Crippen molar-refractivity contribution in [2.75, 3.05) is 0 Å². The molecule has 1 aromatic heterocycles. The van der Waals surface area contributed by atoms with E-state index in [1.807, 2.05) is 24.3 Å². The van der Waals surface area contributed by atoms with Crippen LogP contribution in [0.25, 0.3) is 0 Å². The summed E-state index contributed by atoms with van der Waals surface area (Å²) in [7, 11) is 1.76. The second-order valence-electron chi connectivity index (χ2n) is 2.96. The van der Waals surface area contributed by atoms with Gasteiger partial charge in [-0.05, 0) is 16.8 Å². The van der Waals surface area contributed by atoms with Gasteiger partial charge < -0.3 is 0 Å². The highest BCUT2D eigenvalue weighted by Crippen LogP contribution is 2.17. The van der Waals surface area contributed by atoms with E-state index in [-0.39, 0.29) is 0 Å². The molecule has 2 rings (SSSR count). The number of benzene rings is 1. The molecule has 0 saturated carbocycles. The van der Waals surface area contributed by atoms with E-state index in [4.69, 9.17) is 0 Å². The molecule has 72 valence electrons. The van der Waals surface area contributed by atoms with Gasteiger partial charge in [0.2, 0.25) is 0 Å². The minimum Gasteiger partial charge on any atom is -0.167 e. The molecule has 5 heteroatoms. The summed E-state index contributed by atoms with van der Waals surface area (Å²) in [5, 5.41) is 11.8. The lowest BCUT2D eigenvalue weighted by molar-refractivity contribution is 0.628. The van der Waals surface area contributed by atoms with Crippen molar-refractivity contribution in [1.29, 1.82) is 0 Å². The molecule has 1 aromatic carbocycles. The van der Waals surface area contributed by atoms with Crippen molar-refractivity contribution in [3.63, 3.8) is 0 Å². The Labute approximate surface area is 90.1 Å². The average molecular weight is 253 g/mol. The standard InChI is InChI=1S/C9H9BrN4/c1-14-12-9(11-13-14)6-7-4-2-3-5-8(7)10/h2-5H,6H2,1H3. The van der Waals surface area contributed by atoms with Gasteiger partial charge in [-0.1, -0.05) is 34.1 Å². The number of aryl methyl sites for hydroxylation is 1. The first kappa shape index (κ1) is 9.33. The Morgan fingerprint density at radius 3 is 2.79 bits per heavy atom. The zero-order chi connectivity index (χ0) is 9.97. The molecule has 0 saturated heterocycles. The fourth-order valence-electron chi connectivity index (χ4n) is 1.21. The summed E-state index contributed by atoms with van der Waals surface area (Å²) in [5.74, 6) is 0.736. The van der Waals surface area contributed by atoms with Gasteiger partial charge in [-0.15, -0.1) is 10.2 Å². The molecule has 0 unspecified atom stereocenters. The summed E-state index contributed by atoms with van der Waals surface area (Å²) in [6.07, 6.45) is 0.704. The molecule has 14 heavy (non-hydrogen) atoms. The summed E-state index contributed by atoms with van der Waals surface area (Å²) in [6, 6.07) is 8.03. The highest BCUT2D eigenvalue weighted by Gasteiger charge is 2.04. The molecule has 0 atom stereocenters. The molecule has 0 fully saturated rings. The SMILES string of the molecule is Cn1nnc(Cc2ccccc2Br)n1. The van der Waals surface area contributed by atoms with Crippen LogP contribution in [0, 0.1) is 0 Å². The first-order valence-corrected chi connectivity index (χ1v) is 5.01. The molecule has 0 amide bonds. The Hall–Kier alpha value is -1.23. The average Bonchev–Trinajstić information content (AvgIpc) is 2.56. The maximum absolute atomic E-state index is 4.12. The van der Waals surface area contributed by atoms with Gasteiger partial charge in [-0.3, -0.25) is 0 Å². The van der Waals surface area contributed by atoms with Crippen LogP contribution in [0.15, 0.2) is 28.7 Å². The summed E-state index contributed by atoms with van der Waals surface area (Å²) in [4.78, 5) is 1.46. The molecule has 2 aromatic rings. The fourth-order valence-corrected chi connectivity index (χ4v) is 1.63. The lowest BCUT2D eigenvalue weighted by atomic mass is 10.1. The van der Waals surface area contributed by atoms with E-state index < -0.39 is 0 Å². The van der Waals surface area contributed by atoms with Crippen LogP contribution in [0.3, 0.4) is 0 Å². The number of rotatable bonds is 2. The van der Waals surface area contributed by atoms with E-state index in [1.54, 1.807) is 7.05 Å². The number of nitrogens with zero attached hydrogens (tertiary/aromatic N) is 4. The van der Waals surface area contributed by atoms with E-state index in [0.717, 1.165) is 10.3 Å². The van der Waals surface area contributed by atoms with Gasteiger partial charge in [0, 0.05) is 10.9 Å². The molecule has 0 aliphatic heterocycles. The van der Waals surface area contributed by atoms with Crippen molar-refractivity contribution in [3.8, 4) is 0 Å². The van der Waals surface area contributed by atoms with Crippen LogP contribution in [0.4, 0.5) is 0 Å². The largest absolute Gasteiger partial charge is 0.179 e. The Balaban J connectivity index is 2.23. The summed E-state index contributed by atoms with van der Waals surface area (Å²) in [5.41, 5.74) is 1.17. The Morgan fingerprint density at radius 1 is 1.36 bits per heavy atom. The maximum atomic E-state index is 4.12. The minimum absolute atomic E-state index is 0.704. The number of aromatic nitrogens is 4. The van der Waals surface area contributed by atoms with E-state index >= 15 is 0 Å². The quantitative estimate of drug-likeness (QED) is 0.815. The van der Waals surface area contributed by atoms with Crippen LogP contribution in [0.2, 0.25) is 0 Å². The first-order chi connectivity index (χ1) is 6.75. The predicted octanol–water partition coefficient (Wildman–Crippen LogP) is 1.56. The zero-order valence-corrected chi connectivity index (χ0v) is 9.27. The number of tetrazole rings is 1. The van der Waals surface area contributed by atoms with Crippen LogP contribution < -0.4 is 0 Å². The van der Waals surface area contributed by atoms with E-state index in [1.165, 1.54) is 10.4 Å². The van der Waals surface area contributed by atoms with Crippen LogP contribution in [-0.4, -0.2) is 20.2 Å². The first-order valence-electron chi connectivity index (χ1n) is 4.22. The molecule has 4 nitrogen and oxygen atoms in total. The predicted molar refractivity (Wildman–Crippen MR) is 55.7 cm³/mol. The third-order valence-electron chi connectivity index (χ3n) is 1.86. The summed E-state index contributed by atoms with van der Waals surface area (Å²) < 4.78 is 1.08. The van der Waals surface area contributed by atoms with Crippen LogP contribution >= 0.6 is 15.9 Å². The Morgan fingerprint density at radius 2 is 2.14 bits per heavy atom. The molecule has 1 heterocycles. The smallest absolute Gasteiger partial charge is 0.167 e. The second-order valence-corrected chi connectivity index (χ2v) is 3.82. The number of hydrogen-bond donors (Lipinski definition) is 0. The van der Waals surface area contributed by atoms with Gasteiger partial charge in [0.25, 0.3) is 0 Å². The number of halogens is 1. The zero-order valence-electron chi connectivity index (χ0n) is 7.68. The topological polar surface area (TPSA) is 43.6 Å². The summed E-state index contributed by atoms with van der Waals surface area (Å²) in [6.45, 7) is 0. The van der Waals surface area contributed by atoms with E-state index in [2.05, 4.69) is 31.3 Å². The van der Waals surface area contributed by atoms with Crippen LogP contribution in [-0.2, 0) is 13.5 Å². The lowest BCUT2D eigenvalue weighted by Gasteiger charge is -1.99. The second kappa shape index (κ2) is 3.88. The van der Waals surface area contributed by atoms with Gasteiger partial charge in [0.05, 0.1) is 7.05 Å². The number of hydrogen-bond acceptors (Lipinski definition) is 3. The van der Waals surface area contributed by atoms with Crippen molar-refractivity contribution in [2.24, 2.45) is 7.05 Å². The van der Waals surface area contributed by atoms with Gasteiger partial charge in [-0.25, -0.2) is 0 Å². The van der Waals surface area contributed by atoms with Gasteiger partial charge in [0.15, 0.2) is 5.82 Å². The van der Waals surface area contributed by atoms with Crippen molar-refractivity contribution in [3.05, 3.63) is 40.1 Å². The molecule has 0 spiro atoms. The normalized spacial score (nSPS) is 10.4. The highest BCUT2D eigenvalue weighted by atomic mass is 79.9. The van der Waals surface area contributed by atoms with Gasteiger partial charge >= 0.3 is 0 Å². The molecular formula is C9H9BrN4. The summed E-state index contributed by atoms with van der Waals surface area (Å²) >= 11 is 3.48. The van der Waals surface area contributed by atoms with Crippen LogP contribution in [0.5, 0.6) is 0 Å². The lowest BCUT2D eigenvalue weighted by Crippen LogP contribution is -1.95. The minimum atomic E-state index is 0.704. The van der Waals surface area contributed by atoms with Crippen molar-refractivity contribution in [1.82, 2.24) is 20.2 Å². The highest BCUT2D eigenvalue weighted by molar-refractivity contribution is 9.10. The molecule has 0 aliphatic carbocycles. The third-order valence-corrected chi connectivity index (χ3v) is 2.63. The Kier molecular flexibility index (Phi) is 2.58. The molecule has 0 radical (unpaired) electrons. The molecule has 0 bridgehead atoms. The van der Waals surface area contributed by atoms with Crippen molar-refractivity contribution < 1.29 is 0 Å². The van der Waals surface area contributed by atoms with Crippen LogP contribution in [0.1, 0.15) is 11.4 Å². The third kappa shape index (κ3) is 1.98. The van der Waals surface area contributed by atoms with Gasteiger partial charge in [-0.2, -0.15) is 4.80 Å². The van der Waals surface area contributed by atoms with Gasteiger partial charge in [0.1, 0.15) is 0 Å². The molecular weight excluding hydrogens is 244 g/mol. The monoisotopic (exact) mass is 252 g/mol. The molecule has 0 N–H and O–H groups in total. The van der Waals surface area contributed by atoms with Crippen molar-refractivity contribution >= 4 is 15.9 Å². The fraction of sp³-hybridized carbons (Fsp3) is 0.222.